The lowest BCUT2D eigenvalue weighted by Crippen LogP contribution is -2.18. The number of carbonyl (C=O) groups is 1. The molecule has 1 heterocycles. The van der Waals surface area contributed by atoms with Crippen molar-refractivity contribution in [3.05, 3.63) is 29.8 Å². The average molecular weight is 250 g/mol. The molecule has 17 heavy (non-hydrogen) atoms. The number of carbonyl (C=O) groups excluding carboxylic acids is 1. The monoisotopic (exact) mass is 250 g/mol. The molecule has 1 aromatic carbocycles. The molecule has 0 saturated heterocycles. The SMILES string of the molecule is CC(=O)C(CCO)CC1Cc2ccccc2S1. The van der Waals surface area contributed by atoms with E-state index in [1.165, 1.54) is 10.5 Å². The summed E-state index contributed by atoms with van der Waals surface area (Å²) in [5.74, 6) is 0.224. The maximum Gasteiger partial charge on any atom is 0.133 e. The Labute approximate surface area is 106 Å². The summed E-state index contributed by atoms with van der Waals surface area (Å²) in [7, 11) is 0. The van der Waals surface area contributed by atoms with E-state index in [1.54, 1.807) is 6.92 Å². The minimum atomic E-state index is 0.0202. The highest BCUT2D eigenvalue weighted by atomic mass is 32.2. The molecular formula is C14H18O2S. The Morgan fingerprint density at radius 3 is 2.94 bits per heavy atom. The Hall–Kier alpha value is -0.800. The van der Waals surface area contributed by atoms with Crippen molar-refractivity contribution < 1.29 is 9.90 Å². The molecule has 3 heteroatoms. The summed E-state index contributed by atoms with van der Waals surface area (Å²) in [5, 5.41) is 9.47. The van der Waals surface area contributed by atoms with Gasteiger partial charge in [-0.2, -0.15) is 0 Å². The number of aliphatic hydroxyl groups excluding tert-OH is 1. The van der Waals surface area contributed by atoms with E-state index in [0.29, 0.717) is 11.7 Å². The smallest absolute Gasteiger partial charge is 0.133 e. The maximum atomic E-state index is 11.5. The highest BCUT2D eigenvalue weighted by molar-refractivity contribution is 8.00. The summed E-state index contributed by atoms with van der Waals surface area (Å²) in [6, 6.07) is 8.44. The Morgan fingerprint density at radius 1 is 1.53 bits per heavy atom. The molecule has 0 spiro atoms. The first kappa shape index (κ1) is 12.7. The molecule has 0 fully saturated rings. The van der Waals surface area contributed by atoms with E-state index in [0.717, 1.165) is 12.8 Å². The van der Waals surface area contributed by atoms with Crippen LogP contribution in [0.1, 0.15) is 25.3 Å². The van der Waals surface area contributed by atoms with Gasteiger partial charge in [-0.1, -0.05) is 18.2 Å². The predicted molar refractivity (Wildman–Crippen MR) is 70.3 cm³/mol. The topological polar surface area (TPSA) is 37.3 Å². The van der Waals surface area contributed by atoms with Crippen LogP contribution in [0.15, 0.2) is 29.2 Å². The lowest BCUT2D eigenvalue weighted by molar-refractivity contribution is -0.121. The number of fused-ring (bicyclic) bond motifs is 1. The van der Waals surface area contributed by atoms with Crippen LogP contribution >= 0.6 is 11.8 Å². The second kappa shape index (κ2) is 5.69. The van der Waals surface area contributed by atoms with E-state index in [4.69, 9.17) is 5.11 Å². The van der Waals surface area contributed by atoms with Gasteiger partial charge in [0.1, 0.15) is 5.78 Å². The van der Waals surface area contributed by atoms with Gasteiger partial charge in [0.15, 0.2) is 0 Å². The Kier molecular flexibility index (Phi) is 4.24. The van der Waals surface area contributed by atoms with Crippen molar-refractivity contribution in [2.45, 2.75) is 36.3 Å². The van der Waals surface area contributed by atoms with Crippen LogP contribution in [0.25, 0.3) is 0 Å². The van der Waals surface area contributed by atoms with Gasteiger partial charge in [0.25, 0.3) is 0 Å². The molecule has 0 radical (unpaired) electrons. The first-order valence-corrected chi connectivity index (χ1v) is 6.94. The zero-order chi connectivity index (χ0) is 12.3. The third-order valence-electron chi connectivity index (χ3n) is 3.31. The van der Waals surface area contributed by atoms with Crippen molar-refractivity contribution in [2.75, 3.05) is 6.61 Å². The number of hydrogen-bond acceptors (Lipinski definition) is 3. The highest BCUT2D eigenvalue weighted by Crippen LogP contribution is 2.39. The van der Waals surface area contributed by atoms with Gasteiger partial charge < -0.3 is 5.11 Å². The molecule has 0 bridgehead atoms. The van der Waals surface area contributed by atoms with Gasteiger partial charge in [-0.15, -0.1) is 11.8 Å². The molecule has 2 atom stereocenters. The van der Waals surface area contributed by atoms with Gasteiger partial charge in [-0.3, -0.25) is 4.79 Å². The van der Waals surface area contributed by atoms with E-state index in [2.05, 4.69) is 24.3 Å². The first-order chi connectivity index (χ1) is 8.20. The predicted octanol–water partition coefficient (Wildman–Crippen LogP) is 2.68. The van der Waals surface area contributed by atoms with Gasteiger partial charge in [0.05, 0.1) is 0 Å². The third-order valence-corrected chi connectivity index (χ3v) is 4.66. The number of rotatable bonds is 5. The molecular weight excluding hydrogens is 232 g/mol. The Balaban J connectivity index is 1.96. The zero-order valence-electron chi connectivity index (χ0n) is 10.1. The van der Waals surface area contributed by atoms with Crippen LogP contribution in [-0.2, 0) is 11.2 Å². The number of ketones is 1. The van der Waals surface area contributed by atoms with Crippen LogP contribution in [0, 0.1) is 5.92 Å². The van der Waals surface area contributed by atoms with Crippen molar-refractivity contribution in [2.24, 2.45) is 5.92 Å². The van der Waals surface area contributed by atoms with E-state index in [-0.39, 0.29) is 18.3 Å². The van der Waals surface area contributed by atoms with Crippen molar-refractivity contribution in [3.8, 4) is 0 Å². The van der Waals surface area contributed by atoms with E-state index in [9.17, 15) is 4.79 Å². The summed E-state index contributed by atoms with van der Waals surface area (Å²) >= 11 is 1.87. The quantitative estimate of drug-likeness (QED) is 0.873. The van der Waals surface area contributed by atoms with E-state index < -0.39 is 0 Å². The molecule has 1 N–H and O–H groups in total. The molecule has 0 amide bonds. The molecule has 2 rings (SSSR count). The Bertz CT molecular complexity index is 378. The maximum absolute atomic E-state index is 11.5. The van der Waals surface area contributed by atoms with Gasteiger partial charge >= 0.3 is 0 Å². The first-order valence-electron chi connectivity index (χ1n) is 6.06. The van der Waals surface area contributed by atoms with Crippen molar-refractivity contribution in [3.63, 3.8) is 0 Å². The lowest BCUT2D eigenvalue weighted by Gasteiger charge is -2.16. The summed E-state index contributed by atoms with van der Waals surface area (Å²) in [6.45, 7) is 1.74. The van der Waals surface area contributed by atoms with E-state index >= 15 is 0 Å². The molecule has 2 nitrogen and oxygen atoms in total. The van der Waals surface area contributed by atoms with Crippen molar-refractivity contribution in [1.29, 1.82) is 0 Å². The number of aliphatic hydroxyl groups is 1. The minimum absolute atomic E-state index is 0.0202. The number of Topliss-reactive ketones (excluding diaryl/α,β-unsaturated/α-hetero) is 1. The van der Waals surface area contributed by atoms with Crippen molar-refractivity contribution >= 4 is 17.5 Å². The number of hydrogen-bond donors (Lipinski definition) is 1. The fourth-order valence-electron chi connectivity index (χ4n) is 2.35. The molecule has 0 saturated carbocycles. The third kappa shape index (κ3) is 3.11. The van der Waals surface area contributed by atoms with Gasteiger partial charge in [-0.25, -0.2) is 0 Å². The standard InChI is InChI=1S/C14H18O2S/c1-10(16)11(6-7-15)8-13-9-12-4-2-3-5-14(12)17-13/h2-5,11,13,15H,6-9H2,1H3. The molecule has 92 valence electrons. The number of benzene rings is 1. The fraction of sp³-hybridized carbons (Fsp3) is 0.500. The molecule has 0 aromatic heterocycles. The fourth-order valence-corrected chi connectivity index (χ4v) is 3.76. The van der Waals surface area contributed by atoms with Crippen LogP contribution in [0.5, 0.6) is 0 Å². The van der Waals surface area contributed by atoms with Crippen LogP contribution in [0.2, 0.25) is 0 Å². The van der Waals surface area contributed by atoms with Gasteiger partial charge in [-0.05, 0) is 37.8 Å². The van der Waals surface area contributed by atoms with Gasteiger partial charge in [0, 0.05) is 22.7 Å². The second-order valence-corrected chi connectivity index (χ2v) is 5.95. The largest absolute Gasteiger partial charge is 0.396 e. The lowest BCUT2D eigenvalue weighted by atomic mass is 9.93. The van der Waals surface area contributed by atoms with Crippen LogP contribution < -0.4 is 0 Å². The molecule has 2 unspecified atom stereocenters. The second-order valence-electron chi connectivity index (χ2n) is 4.61. The molecule has 1 aliphatic heterocycles. The summed E-state index contributed by atoms with van der Waals surface area (Å²) in [5.41, 5.74) is 1.40. The highest BCUT2D eigenvalue weighted by Gasteiger charge is 2.26. The summed E-state index contributed by atoms with van der Waals surface area (Å²) in [4.78, 5) is 12.8. The summed E-state index contributed by atoms with van der Waals surface area (Å²) < 4.78 is 0. The zero-order valence-corrected chi connectivity index (χ0v) is 10.9. The van der Waals surface area contributed by atoms with Crippen molar-refractivity contribution in [1.82, 2.24) is 0 Å². The van der Waals surface area contributed by atoms with Crippen LogP contribution in [0.3, 0.4) is 0 Å². The normalized spacial score (nSPS) is 20.0. The Morgan fingerprint density at radius 2 is 2.29 bits per heavy atom. The van der Waals surface area contributed by atoms with Crippen LogP contribution in [-0.4, -0.2) is 22.7 Å². The molecule has 1 aliphatic rings. The number of thioether (sulfide) groups is 1. The van der Waals surface area contributed by atoms with Gasteiger partial charge in [0.2, 0.25) is 0 Å². The van der Waals surface area contributed by atoms with Crippen LogP contribution in [0.4, 0.5) is 0 Å². The summed E-state index contributed by atoms with van der Waals surface area (Å²) in [6.07, 6.45) is 2.54. The average Bonchev–Trinajstić information content (AvgIpc) is 2.70. The molecule has 0 aliphatic carbocycles. The molecule has 1 aromatic rings. The minimum Gasteiger partial charge on any atom is -0.396 e. The van der Waals surface area contributed by atoms with E-state index in [1.807, 2.05) is 11.8 Å².